The maximum atomic E-state index is 13.0. The van der Waals surface area contributed by atoms with Gasteiger partial charge >= 0.3 is 0 Å². The lowest BCUT2D eigenvalue weighted by Gasteiger charge is -2.25. The fraction of sp³-hybridized carbons (Fsp3) is 0.385. The molecule has 1 aliphatic heterocycles. The summed E-state index contributed by atoms with van der Waals surface area (Å²) >= 11 is 0. The highest BCUT2D eigenvalue weighted by Crippen LogP contribution is 2.40. The van der Waals surface area contributed by atoms with Gasteiger partial charge in [-0.3, -0.25) is 9.59 Å². The number of ether oxygens (including phenoxy) is 1. The van der Waals surface area contributed by atoms with Gasteiger partial charge in [0.15, 0.2) is 0 Å². The minimum Gasteiger partial charge on any atom is -0.508 e. The molecule has 32 heavy (non-hydrogen) atoms. The molecule has 1 amide bonds. The van der Waals surface area contributed by atoms with Crippen LogP contribution in [0.15, 0.2) is 48.0 Å². The van der Waals surface area contributed by atoms with Crippen molar-refractivity contribution in [3.63, 3.8) is 0 Å². The van der Waals surface area contributed by atoms with E-state index >= 15 is 0 Å². The van der Waals surface area contributed by atoms with Crippen molar-refractivity contribution in [2.45, 2.75) is 46.6 Å². The summed E-state index contributed by atoms with van der Waals surface area (Å²) in [6.07, 6.45) is 1.60. The molecule has 1 fully saturated rings. The number of benzene rings is 2. The number of rotatable bonds is 8. The number of carbonyl (C=O) groups excluding carboxylic acids is 2. The average molecular weight is 438 g/mol. The summed E-state index contributed by atoms with van der Waals surface area (Å²) in [6, 6.07) is 10.9. The van der Waals surface area contributed by atoms with Crippen molar-refractivity contribution in [3.8, 4) is 11.5 Å². The second kappa shape index (κ2) is 9.90. The van der Waals surface area contributed by atoms with E-state index in [0.717, 1.165) is 18.4 Å². The quantitative estimate of drug-likeness (QED) is 0.346. The van der Waals surface area contributed by atoms with E-state index in [0.29, 0.717) is 35.9 Å². The molecule has 2 aromatic carbocycles. The Balaban J connectivity index is 2.06. The number of carbonyl (C=O) groups is 2. The molecule has 1 atom stereocenters. The number of hydrogen-bond donors (Lipinski definition) is 2. The van der Waals surface area contributed by atoms with Crippen LogP contribution < -0.4 is 4.74 Å². The molecule has 0 aliphatic carbocycles. The zero-order chi connectivity index (χ0) is 23.4. The number of phenols is 1. The summed E-state index contributed by atoms with van der Waals surface area (Å²) < 4.78 is 5.81. The second-order valence-corrected chi connectivity index (χ2v) is 8.62. The highest BCUT2D eigenvalue weighted by atomic mass is 16.5. The Hall–Kier alpha value is -3.28. The summed E-state index contributed by atoms with van der Waals surface area (Å²) in [5.41, 5.74) is 2.01. The molecule has 3 rings (SSSR count). The van der Waals surface area contributed by atoms with Crippen LogP contribution in [0.4, 0.5) is 0 Å². The standard InChI is InChI=1S/C26H31NO5/c1-5-6-13-27-23(18-7-10-20(28)11-8-18)22(25(30)26(27)31)24(29)19-9-12-21(17(4)14-19)32-15-16(2)3/h7-12,14,16,23,28-29H,5-6,13,15H2,1-4H3/b24-22-. The number of aromatic hydroxyl groups is 1. The summed E-state index contributed by atoms with van der Waals surface area (Å²) in [4.78, 5) is 27.3. The number of aryl methyl sites for hydroxylation is 1. The molecule has 1 heterocycles. The highest BCUT2D eigenvalue weighted by molar-refractivity contribution is 6.46. The molecule has 1 aliphatic rings. The summed E-state index contributed by atoms with van der Waals surface area (Å²) in [6.45, 7) is 9.01. The van der Waals surface area contributed by atoms with Crippen LogP contribution in [0, 0.1) is 12.8 Å². The lowest BCUT2D eigenvalue weighted by Crippen LogP contribution is -2.30. The number of nitrogens with zero attached hydrogens (tertiary/aromatic N) is 1. The monoisotopic (exact) mass is 437 g/mol. The summed E-state index contributed by atoms with van der Waals surface area (Å²) in [5.74, 6) is -0.340. The number of Topliss-reactive ketones (excluding diaryl/α,β-unsaturated/α-hetero) is 1. The third-order valence-corrected chi connectivity index (χ3v) is 5.52. The molecule has 0 radical (unpaired) electrons. The lowest BCUT2D eigenvalue weighted by molar-refractivity contribution is -0.139. The molecule has 0 saturated carbocycles. The second-order valence-electron chi connectivity index (χ2n) is 8.62. The number of amides is 1. The predicted octanol–water partition coefficient (Wildman–Crippen LogP) is 4.96. The third kappa shape index (κ3) is 4.79. The van der Waals surface area contributed by atoms with Gasteiger partial charge in [-0.2, -0.15) is 0 Å². The minimum absolute atomic E-state index is 0.0621. The van der Waals surface area contributed by atoms with Crippen LogP contribution in [0.3, 0.4) is 0 Å². The first kappa shape index (κ1) is 23.4. The van der Waals surface area contributed by atoms with Gasteiger partial charge in [-0.15, -0.1) is 0 Å². The van der Waals surface area contributed by atoms with Crippen LogP contribution in [-0.2, 0) is 9.59 Å². The summed E-state index contributed by atoms with van der Waals surface area (Å²) in [5, 5.41) is 20.8. The van der Waals surface area contributed by atoms with Crippen LogP contribution in [0.5, 0.6) is 11.5 Å². The normalized spacial score (nSPS) is 17.9. The van der Waals surface area contributed by atoms with Crippen LogP contribution in [-0.4, -0.2) is 40.0 Å². The van der Waals surface area contributed by atoms with Gasteiger partial charge in [0.1, 0.15) is 17.3 Å². The number of aliphatic hydroxyl groups is 1. The van der Waals surface area contributed by atoms with Crippen molar-refractivity contribution in [3.05, 3.63) is 64.7 Å². The maximum Gasteiger partial charge on any atom is 0.295 e. The molecule has 0 aromatic heterocycles. The van der Waals surface area contributed by atoms with Crippen molar-refractivity contribution in [2.24, 2.45) is 5.92 Å². The molecular formula is C26H31NO5. The topological polar surface area (TPSA) is 87.1 Å². The van der Waals surface area contributed by atoms with Crippen LogP contribution in [0.1, 0.15) is 56.3 Å². The zero-order valence-corrected chi connectivity index (χ0v) is 19.1. The van der Waals surface area contributed by atoms with Crippen molar-refractivity contribution < 1.29 is 24.5 Å². The molecule has 2 aromatic rings. The third-order valence-electron chi connectivity index (χ3n) is 5.52. The fourth-order valence-corrected chi connectivity index (χ4v) is 3.81. The Bertz CT molecular complexity index is 1020. The van der Waals surface area contributed by atoms with E-state index in [2.05, 4.69) is 13.8 Å². The number of likely N-dealkylation sites (tertiary alicyclic amines) is 1. The van der Waals surface area contributed by atoms with E-state index < -0.39 is 17.7 Å². The molecule has 0 spiro atoms. The number of ketones is 1. The Morgan fingerprint density at radius 1 is 1.12 bits per heavy atom. The average Bonchev–Trinajstić information content (AvgIpc) is 3.01. The van der Waals surface area contributed by atoms with E-state index in [9.17, 15) is 19.8 Å². The zero-order valence-electron chi connectivity index (χ0n) is 19.1. The van der Waals surface area contributed by atoms with E-state index in [1.165, 1.54) is 17.0 Å². The van der Waals surface area contributed by atoms with Crippen LogP contribution in [0.25, 0.3) is 5.76 Å². The van der Waals surface area contributed by atoms with Crippen molar-refractivity contribution in [1.29, 1.82) is 0 Å². The largest absolute Gasteiger partial charge is 0.508 e. The number of phenolic OH excluding ortho intramolecular Hbond substituents is 1. The van der Waals surface area contributed by atoms with E-state index in [4.69, 9.17) is 4.74 Å². The van der Waals surface area contributed by atoms with Gasteiger partial charge in [-0.05, 0) is 60.7 Å². The SMILES string of the molecule is CCCCN1C(=O)C(=O)/C(=C(\O)c2ccc(OCC(C)C)c(C)c2)C1c1ccc(O)cc1. The number of unbranched alkanes of at least 4 members (excludes halogenated alkanes) is 1. The van der Waals surface area contributed by atoms with Gasteiger partial charge in [0.25, 0.3) is 11.7 Å². The summed E-state index contributed by atoms with van der Waals surface area (Å²) in [7, 11) is 0. The lowest BCUT2D eigenvalue weighted by atomic mass is 9.94. The van der Waals surface area contributed by atoms with Crippen molar-refractivity contribution >= 4 is 17.4 Å². The van der Waals surface area contributed by atoms with Gasteiger partial charge in [-0.25, -0.2) is 0 Å². The van der Waals surface area contributed by atoms with Gasteiger partial charge < -0.3 is 19.8 Å². The molecule has 170 valence electrons. The van der Waals surface area contributed by atoms with Gasteiger partial charge in [0.2, 0.25) is 0 Å². The molecule has 0 bridgehead atoms. The minimum atomic E-state index is -0.709. The van der Waals surface area contributed by atoms with Crippen molar-refractivity contribution in [2.75, 3.05) is 13.2 Å². The highest BCUT2D eigenvalue weighted by Gasteiger charge is 2.45. The number of hydrogen-bond acceptors (Lipinski definition) is 5. The van der Waals surface area contributed by atoms with Gasteiger partial charge in [0.05, 0.1) is 18.2 Å². The Kier molecular flexibility index (Phi) is 7.23. The van der Waals surface area contributed by atoms with Gasteiger partial charge in [-0.1, -0.05) is 39.3 Å². The smallest absolute Gasteiger partial charge is 0.295 e. The Morgan fingerprint density at radius 3 is 2.41 bits per heavy atom. The van der Waals surface area contributed by atoms with Crippen LogP contribution in [0.2, 0.25) is 0 Å². The number of aliphatic hydroxyl groups excluding tert-OH is 1. The van der Waals surface area contributed by atoms with Crippen LogP contribution >= 0.6 is 0 Å². The van der Waals surface area contributed by atoms with Gasteiger partial charge in [0, 0.05) is 12.1 Å². The van der Waals surface area contributed by atoms with E-state index in [-0.39, 0.29) is 17.1 Å². The van der Waals surface area contributed by atoms with E-state index in [1.54, 1.807) is 30.3 Å². The first-order valence-electron chi connectivity index (χ1n) is 11.1. The fourth-order valence-electron chi connectivity index (χ4n) is 3.81. The van der Waals surface area contributed by atoms with E-state index in [1.807, 2.05) is 13.8 Å². The molecule has 6 heteroatoms. The molecule has 2 N–H and O–H groups in total. The van der Waals surface area contributed by atoms with Crippen molar-refractivity contribution in [1.82, 2.24) is 4.90 Å². The first-order valence-corrected chi connectivity index (χ1v) is 11.1. The molecular weight excluding hydrogens is 406 g/mol. The Labute approximate surface area is 189 Å². The molecule has 6 nitrogen and oxygen atoms in total. The molecule has 1 unspecified atom stereocenters. The molecule has 1 saturated heterocycles. The first-order chi connectivity index (χ1) is 15.2. The maximum absolute atomic E-state index is 13.0. The predicted molar refractivity (Wildman–Crippen MR) is 124 cm³/mol. The Morgan fingerprint density at radius 2 is 1.81 bits per heavy atom.